The molecule has 2 aliphatic rings. The van der Waals surface area contributed by atoms with Gasteiger partial charge < -0.3 is 15.4 Å². The summed E-state index contributed by atoms with van der Waals surface area (Å²) in [5.74, 6) is -0.134. The van der Waals surface area contributed by atoms with Crippen molar-refractivity contribution in [2.24, 2.45) is 5.92 Å². The summed E-state index contributed by atoms with van der Waals surface area (Å²) >= 11 is 12.4. The van der Waals surface area contributed by atoms with Crippen LogP contribution in [0.15, 0.2) is 42.5 Å². The predicted octanol–water partition coefficient (Wildman–Crippen LogP) is 4.32. The predicted molar refractivity (Wildman–Crippen MR) is 117 cm³/mol. The van der Waals surface area contributed by atoms with Crippen LogP contribution in [0.3, 0.4) is 0 Å². The molecule has 2 amide bonds. The first-order valence-electron chi connectivity index (χ1n) is 10.2. The van der Waals surface area contributed by atoms with Crippen LogP contribution in [0.1, 0.15) is 46.7 Å². The summed E-state index contributed by atoms with van der Waals surface area (Å²) in [5, 5.41) is 6.93. The maximum atomic E-state index is 12.5. The first-order chi connectivity index (χ1) is 14.5. The Morgan fingerprint density at radius 1 is 1.10 bits per heavy atom. The van der Waals surface area contributed by atoms with E-state index in [1.807, 2.05) is 30.3 Å². The van der Waals surface area contributed by atoms with Gasteiger partial charge in [-0.3, -0.25) is 9.59 Å². The van der Waals surface area contributed by atoms with Gasteiger partial charge in [0.25, 0.3) is 5.91 Å². The molecule has 3 unspecified atom stereocenters. The Kier molecular flexibility index (Phi) is 6.61. The number of nitrogens with one attached hydrogen (secondary N) is 2. The lowest BCUT2D eigenvalue weighted by Crippen LogP contribution is -2.31. The summed E-state index contributed by atoms with van der Waals surface area (Å²) in [4.78, 5) is 24.9. The quantitative estimate of drug-likeness (QED) is 0.665. The lowest BCUT2D eigenvalue weighted by molar-refractivity contribution is -0.122. The standard InChI is InChI=1S/C23H24Cl2N2O3/c24-20-8-2-7-17(21(20)25)18-11-19(18)23(29)26-12-14-4-1-5-15(10-14)22(28)27-13-16-6-3-9-30-16/h1-2,4-5,7-8,10,16,18-19H,3,6,9,11-13H2,(H,26,29)(H,27,28). The first kappa shape index (κ1) is 21.2. The molecule has 1 aliphatic heterocycles. The molecular weight excluding hydrogens is 423 g/mol. The van der Waals surface area contributed by atoms with Gasteiger partial charge in [-0.25, -0.2) is 0 Å². The van der Waals surface area contributed by atoms with Gasteiger partial charge in [-0.2, -0.15) is 0 Å². The van der Waals surface area contributed by atoms with E-state index < -0.39 is 0 Å². The van der Waals surface area contributed by atoms with Crippen molar-refractivity contribution >= 4 is 35.0 Å². The summed E-state index contributed by atoms with van der Waals surface area (Å²) in [5.41, 5.74) is 2.38. The van der Waals surface area contributed by atoms with E-state index in [1.165, 1.54) is 0 Å². The van der Waals surface area contributed by atoms with Crippen molar-refractivity contribution in [1.29, 1.82) is 0 Å². The highest BCUT2D eigenvalue weighted by Crippen LogP contribution is 2.50. The molecule has 4 rings (SSSR count). The molecule has 0 aromatic heterocycles. The number of carbonyl (C=O) groups is 2. The van der Waals surface area contributed by atoms with Crippen molar-refractivity contribution in [1.82, 2.24) is 10.6 Å². The van der Waals surface area contributed by atoms with Gasteiger partial charge in [0.05, 0.1) is 16.1 Å². The van der Waals surface area contributed by atoms with Crippen LogP contribution in [-0.4, -0.2) is 31.1 Å². The van der Waals surface area contributed by atoms with Crippen molar-refractivity contribution in [3.05, 3.63) is 69.2 Å². The van der Waals surface area contributed by atoms with E-state index in [9.17, 15) is 9.59 Å². The molecule has 7 heteroatoms. The molecular formula is C23H24Cl2N2O3. The number of halogens is 2. The van der Waals surface area contributed by atoms with E-state index in [0.29, 0.717) is 28.7 Å². The van der Waals surface area contributed by atoms with Crippen molar-refractivity contribution in [2.75, 3.05) is 13.2 Å². The number of carbonyl (C=O) groups excluding carboxylic acids is 2. The largest absolute Gasteiger partial charge is 0.376 e. The Labute approximate surface area is 186 Å². The van der Waals surface area contributed by atoms with E-state index in [1.54, 1.807) is 12.1 Å². The Bertz CT molecular complexity index is 944. The fourth-order valence-electron chi connectivity index (χ4n) is 3.89. The maximum Gasteiger partial charge on any atom is 0.251 e. The molecule has 0 radical (unpaired) electrons. The maximum absolute atomic E-state index is 12.5. The second-order valence-corrected chi connectivity index (χ2v) is 8.64. The van der Waals surface area contributed by atoms with Crippen LogP contribution >= 0.6 is 23.2 Å². The third-order valence-corrected chi connectivity index (χ3v) is 6.51. The SMILES string of the molecule is O=C(NCC1CCCO1)c1cccc(CNC(=O)C2CC2c2cccc(Cl)c2Cl)c1. The van der Waals surface area contributed by atoms with Gasteiger partial charge in [0.1, 0.15) is 0 Å². The summed E-state index contributed by atoms with van der Waals surface area (Å²) in [7, 11) is 0. The highest BCUT2D eigenvalue weighted by molar-refractivity contribution is 6.42. The number of hydrogen-bond donors (Lipinski definition) is 2. The smallest absolute Gasteiger partial charge is 0.251 e. The van der Waals surface area contributed by atoms with Gasteiger partial charge in [0.2, 0.25) is 5.91 Å². The Balaban J connectivity index is 1.29. The van der Waals surface area contributed by atoms with Gasteiger partial charge in [0.15, 0.2) is 0 Å². The van der Waals surface area contributed by atoms with E-state index in [0.717, 1.165) is 37.0 Å². The molecule has 1 saturated carbocycles. The minimum absolute atomic E-state index is 0.00993. The summed E-state index contributed by atoms with van der Waals surface area (Å²) in [6, 6.07) is 12.8. The second kappa shape index (κ2) is 9.38. The van der Waals surface area contributed by atoms with Crippen LogP contribution in [0.25, 0.3) is 0 Å². The molecule has 1 aliphatic carbocycles. The number of benzene rings is 2. The molecule has 2 N–H and O–H groups in total. The number of amides is 2. The minimum atomic E-state index is -0.128. The molecule has 2 fully saturated rings. The summed E-state index contributed by atoms with van der Waals surface area (Å²) < 4.78 is 5.53. The van der Waals surface area contributed by atoms with Crippen molar-refractivity contribution in [3.63, 3.8) is 0 Å². The Morgan fingerprint density at radius 3 is 2.73 bits per heavy atom. The lowest BCUT2D eigenvalue weighted by Gasteiger charge is -2.11. The van der Waals surface area contributed by atoms with E-state index in [2.05, 4.69) is 10.6 Å². The zero-order chi connectivity index (χ0) is 21.1. The topological polar surface area (TPSA) is 67.4 Å². The average molecular weight is 447 g/mol. The van der Waals surface area contributed by atoms with Crippen molar-refractivity contribution in [2.45, 2.75) is 37.8 Å². The molecule has 2 aromatic rings. The van der Waals surface area contributed by atoms with Crippen LogP contribution in [0.2, 0.25) is 10.0 Å². The molecule has 3 atom stereocenters. The monoisotopic (exact) mass is 446 g/mol. The zero-order valence-electron chi connectivity index (χ0n) is 16.5. The van der Waals surface area contributed by atoms with Gasteiger partial charge >= 0.3 is 0 Å². The lowest BCUT2D eigenvalue weighted by atomic mass is 10.1. The van der Waals surface area contributed by atoms with Gasteiger partial charge in [0, 0.05) is 31.2 Å². The van der Waals surface area contributed by atoms with Crippen molar-refractivity contribution in [3.8, 4) is 0 Å². The molecule has 1 heterocycles. The first-order valence-corrected chi connectivity index (χ1v) is 11.0. The van der Waals surface area contributed by atoms with Crippen LogP contribution in [0, 0.1) is 5.92 Å². The van der Waals surface area contributed by atoms with Gasteiger partial charge in [-0.15, -0.1) is 0 Å². The van der Waals surface area contributed by atoms with E-state index in [4.69, 9.17) is 27.9 Å². The van der Waals surface area contributed by atoms with Gasteiger partial charge in [-0.1, -0.05) is 47.5 Å². The summed E-state index contributed by atoms with van der Waals surface area (Å²) in [6.45, 7) is 1.66. The third-order valence-electron chi connectivity index (χ3n) is 5.68. The van der Waals surface area contributed by atoms with Crippen LogP contribution in [0.4, 0.5) is 0 Å². The Morgan fingerprint density at radius 2 is 1.93 bits per heavy atom. The zero-order valence-corrected chi connectivity index (χ0v) is 18.0. The molecule has 30 heavy (non-hydrogen) atoms. The second-order valence-electron chi connectivity index (χ2n) is 7.85. The molecule has 0 spiro atoms. The Hall–Kier alpha value is -2.08. The normalized spacial score (nSPS) is 22.5. The number of ether oxygens (including phenoxy) is 1. The summed E-state index contributed by atoms with van der Waals surface area (Å²) in [6.07, 6.45) is 2.89. The van der Waals surface area contributed by atoms with Crippen LogP contribution in [-0.2, 0) is 16.1 Å². The highest BCUT2D eigenvalue weighted by atomic mass is 35.5. The molecule has 158 valence electrons. The van der Waals surface area contributed by atoms with Gasteiger partial charge in [-0.05, 0) is 54.5 Å². The third kappa shape index (κ3) is 4.97. The fraction of sp³-hybridized carbons (Fsp3) is 0.391. The van der Waals surface area contributed by atoms with Crippen LogP contribution in [0.5, 0.6) is 0 Å². The average Bonchev–Trinajstić information content (AvgIpc) is 3.38. The number of rotatable bonds is 7. The van der Waals surface area contributed by atoms with E-state index >= 15 is 0 Å². The number of hydrogen-bond acceptors (Lipinski definition) is 3. The molecule has 0 bridgehead atoms. The van der Waals surface area contributed by atoms with E-state index in [-0.39, 0.29) is 29.8 Å². The molecule has 1 saturated heterocycles. The highest BCUT2D eigenvalue weighted by Gasteiger charge is 2.44. The molecule has 2 aromatic carbocycles. The fourth-order valence-corrected chi connectivity index (χ4v) is 4.34. The van der Waals surface area contributed by atoms with Crippen LogP contribution < -0.4 is 10.6 Å². The van der Waals surface area contributed by atoms with Crippen molar-refractivity contribution < 1.29 is 14.3 Å². The minimum Gasteiger partial charge on any atom is -0.376 e. The molecule has 5 nitrogen and oxygen atoms in total.